The number of aliphatic hydroxyl groups is 1. The first-order valence-electron chi connectivity index (χ1n) is 2.54. The Morgan fingerprint density at radius 2 is 1.77 bits per heavy atom. The van der Waals surface area contributed by atoms with Crippen molar-refractivity contribution in [3.05, 3.63) is 0 Å². The van der Waals surface area contributed by atoms with Gasteiger partial charge in [-0.05, 0) is 0 Å². The van der Waals surface area contributed by atoms with Crippen LogP contribution in [0.25, 0.3) is 0 Å². The zero-order valence-electron chi connectivity index (χ0n) is 7.34. The summed E-state index contributed by atoms with van der Waals surface area (Å²) in [4.78, 5) is 26.4. The van der Waals surface area contributed by atoms with E-state index in [0.717, 1.165) is 0 Å². The number of carboxylic acid groups (broad SMARTS) is 1. The molecule has 2 radical (unpaired) electrons. The van der Waals surface area contributed by atoms with Gasteiger partial charge in [-0.3, -0.25) is 4.79 Å². The van der Waals surface area contributed by atoms with Crippen LogP contribution in [0.15, 0.2) is 0 Å². The van der Waals surface area contributed by atoms with Crippen LogP contribution >= 0.6 is 7.75 Å². The third-order valence-electron chi connectivity index (χ3n) is 0.805. The molecule has 1 atom stereocenters. The zero-order valence-corrected chi connectivity index (χ0v) is 12.2. The number of hydrogen-bond acceptors (Lipinski definition) is 3. The number of nitrogens with one attached hydrogen (secondary N) is 1. The van der Waals surface area contributed by atoms with Gasteiger partial charge in [0.2, 0.25) is 0 Å². The van der Waals surface area contributed by atoms with Crippen molar-refractivity contribution in [3.63, 3.8) is 0 Å². The smallest absolute Gasteiger partial charge is 0.401 e. The quantitative estimate of drug-likeness (QED) is 0.264. The van der Waals surface area contributed by atoms with Crippen molar-refractivity contribution in [3.8, 4) is 0 Å². The Morgan fingerprint density at radius 3 is 1.85 bits per heavy atom. The molecule has 0 amide bonds. The Hall–Kier alpha value is 1.54. The van der Waals surface area contributed by atoms with Gasteiger partial charge in [-0.1, -0.05) is 0 Å². The van der Waals surface area contributed by atoms with Crippen LogP contribution in [0.5, 0.6) is 0 Å². The van der Waals surface area contributed by atoms with E-state index in [4.69, 9.17) is 20.0 Å². The number of aliphatic carboxylic acids is 1. The second kappa shape index (κ2) is 8.82. The van der Waals surface area contributed by atoms with E-state index in [9.17, 15) is 9.36 Å². The summed E-state index contributed by atoms with van der Waals surface area (Å²) in [5.41, 5.74) is 0. The molecule has 0 unspecified atom stereocenters. The number of carbonyl (C=O) groups is 1. The van der Waals surface area contributed by atoms with E-state index in [2.05, 4.69) is 0 Å². The summed E-state index contributed by atoms with van der Waals surface area (Å²) in [5, 5.41) is 17.9. The summed E-state index contributed by atoms with van der Waals surface area (Å²) < 4.78 is 10.1. The summed E-state index contributed by atoms with van der Waals surface area (Å²) in [7, 11) is -4.58. The molecule has 0 aliphatic heterocycles. The summed E-state index contributed by atoms with van der Waals surface area (Å²) in [6.45, 7) is -0.875. The Labute approximate surface area is 119 Å². The first-order chi connectivity index (χ1) is 4.87. The maximum absolute atomic E-state index is 10.1. The van der Waals surface area contributed by atoms with Crippen LogP contribution in [-0.4, -0.2) is 97.7 Å². The van der Waals surface area contributed by atoms with Gasteiger partial charge in [-0.2, -0.15) is 0 Å². The molecule has 0 saturated heterocycles. The minimum atomic E-state index is -4.58. The average molecular weight is 231 g/mol. The van der Waals surface area contributed by atoms with Crippen LogP contribution in [0.3, 0.4) is 0 Å². The van der Waals surface area contributed by atoms with Crippen molar-refractivity contribution in [2.75, 3.05) is 6.61 Å². The number of carboxylic acids is 1. The second-order valence-electron chi connectivity index (χ2n) is 1.75. The van der Waals surface area contributed by atoms with Gasteiger partial charge in [0.25, 0.3) is 0 Å². The van der Waals surface area contributed by atoms with Gasteiger partial charge in [0.15, 0.2) is 0 Å². The van der Waals surface area contributed by atoms with Gasteiger partial charge in [-0.15, -0.1) is 0 Å². The van der Waals surface area contributed by atoms with E-state index in [0.29, 0.717) is 0 Å². The largest absolute Gasteiger partial charge is 0.480 e. The molecule has 0 heterocycles. The van der Waals surface area contributed by atoms with Crippen LogP contribution < -0.4 is 5.09 Å². The molecule has 0 aromatic heterocycles. The summed E-state index contributed by atoms with van der Waals surface area (Å²) in [5.74, 6) is -1.52. The van der Waals surface area contributed by atoms with Crippen LogP contribution in [0, 0.1) is 0 Å². The minimum Gasteiger partial charge on any atom is -0.480 e. The van der Waals surface area contributed by atoms with Crippen molar-refractivity contribution in [2.24, 2.45) is 0 Å². The van der Waals surface area contributed by atoms with Gasteiger partial charge >= 0.3 is 13.7 Å². The molecule has 7 nitrogen and oxygen atoms in total. The molecule has 0 bridgehead atoms. The van der Waals surface area contributed by atoms with Gasteiger partial charge in [-0.25, -0.2) is 9.65 Å². The Morgan fingerprint density at radius 1 is 1.38 bits per heavy atom. The minimum absolute atomic E-state index is 0. The standard InChI is InChI=1S/C3H8NO6P.2Na/c5-1-2(3(6)7)4-11(8,9)10;;/h2,5H,1H2,(H,6,7)(H3,4,8,9,10);;/t2-;;/m0../s1. The molecule has 0 aromatic carbocycles. The third-order valence-corrected chi connectivity index (χ3v) is 1.45. The van der Waals surface area contributed by atoms with Gasteiger partial charge in [0.05, 0.1) is 6.61 Å². The zero-order chi connectivity index (χ0) is 9.07. The number of hydrogen-bond donors (Lipinski definition) is 5. The van der Waals surface area contributed by atoms with Crippen LogP contribution in [0.2, 0.25) is 0 Å². The maximum Gasteiger partial charge on any atom is 0.401 e. The Balaban J connectivity index is -0.000000500. The molecular formula is C3H8NNa2O6P. The number of rotatable bonds is 4. The molecule has 0 fully saturated rings. The molecule has 68 valence electrons. The first kappa shape index (κ1) is 20.0. The molecule has 0 rings (SSSR count). The van der Waals surface area contributed by atoms with Crippen molar-refractivity contribution in [1.29, 1.82) is 0 Å². The predicted molar refractivity (Wildman–Crippen MR) is 45.2 cm³/mol. The van der Waals surface area contributed by atoms with E-state index in [1.54, 1.807) is 0 Å². The van der Waals surface area contributed by atoms with E-state index in [1.807, 2.05) is 0 Å². The van der Waals surface area contributed by atoms with Crippen molar-refractivity contribution >= 4 is 72.8 Å². The molecule has 0 aliphatic rings. The summed E-state index contributed by atoms with van der Waals surface area (Å²) >= 11 is 0. The number of aliphatic hydroxyl groups excluding tert-OH is 1. The van der Waals surface area contributed by atoms with E-state index < -0.39 is 26.4 Å². The Bertz CT molecular complexity index is 194. The fraction of sp³-hybridized carbons (Fsp3) is 0.667. The van der Waals surface area contributed by atoms with E-state index in [1.165, 1.54) is 5.09 Å². The molecule has 0 spiro atoms. The summed E-state index contributed by atoms with van der Waals surface area (Å²) in [6, 6.07) is -1.63. The van der Waals surface area contributed by atoms with E-state index in [-0.39, 0.29) is 59.1 Å². The van der Waals surface area contributed by atoms with Crippen LogP contribution in [-0.2, 0) is 9.36 Å². The fourth-order valence-electron chi connectivity index (χ4n) is 0.377. The molecule has 5 N–H and O–H groups in total. The summed E-state index contributed by atoms with van der Waals surface area (Å²) in [6.07, 6.45) is 0. The normalized spacial score (nSPS) is 12.2. The predicted octanol–water partition coefficient (Wildman–Crippen LogP) is -2.65. The fourth-order valence-corrected chi connectivity index (χ4v) is 0.975. The third kappa shape index (κ3) is 11.5. The molecule has 10 heteroatoms. The van der Waals surface area contributed by atoms with Crippen molar-refractivity contribution in [1.82, 2.24) is 5.09 Å². The van der Waals surface area contributed by atoms with E-state index >= 15 is 0 Å². The van der Waals surface area contributed by atoms with Crippen molar-refractivity contribution < 1.29 is 29.4 Å². The molecular weight excluding hydrogens is 223 g/mol. The van der Waals surface area contributed by atoms with Crippen molar-refractivity contribution in [2.45, 2.75) is 6.04 Å². The second-order valence-corrected chi connectivity index (χ2v) is 3.09. The topological polar surface area (TPSA) is 127 Å². The first-order valence-corrected chi connectivity index (χ1v) is 4.15. The average Bonchev–Trinajstić information content (AvgIpc) is 1.80. The Kier molecular flexibility index (Phi) is 13.6. The molecule has 13 heavy (non-hydrogen) atoms. The van der Waals surface area contributed by atoms with Crippen LogP contribution in [0.1, 0.15) is 0 Å². The van der Waals surface area contributed by atoms with Gasteiger partial charge < -0.3 is 20.0 Å². The van der Waals surface area contributed by atoms with Gasteiger partial charge in [0, 0.05) is 59.1 Å². The molecule has 0 aromatic rings. The maximum atomic E-state index is 10.1. The molecule has 0 aliphatic carbocycles. The van der Waals surface area contributed by atoms with Crippen LogP contribution in [0.4, 0.5) is 0 Å². The van der Waals surface area contributed by atoms with Gasteiger partial charge in [0.1, 0.15) is 6.04 Å². The monoisotopic (exact) mass is 231 g/mol. The SMILES string of the molecule is O=C(O)[C@H](CO)NP(=O)(O)O.[Na].[Na]. The molecule has 0 saturated carbocycles.